The van der Waals surface area contributed by atoms with Gasteiger partial charge in [-0.1, -0.05) is 164 Å². The van der Waals surface area contributed by atoms with Crippen LogP contribution in [0.15, 0.2) is 258 Å². The molecule has 11 aromatic carbocycles. The number of hydrogen-bond donors (Lipinski definition) is 0. The van der Waals surface area contributed by atoms with E-state index >= 15 is 0 Å². The van der Waals surface area contributed by atoms with E-state index in [1.165, 1.54) is 21.5 Å². The fourth-order valence-electron chi connectivity index (χ4n) is 11.7. The third kappa shape index (κ3) is 6.52. The van der Waals surface area contributed by atoms with Crippen LogP contribution >= 0.6 is 0 Å². The van der Waals surface area contributed by atoms with E-state index in [1.54, 1.807) is 0 Å². The molecular formula is C69H41N5O2. The summed E-state index contributed by atoms with van der Waals surface area (Å²) in [4.78, 5) is 16.1. The summed E-state index contributed by atoms with van der Waals surface area (Å²) < 4.78 is 17.8. The van der Waals surface area contributed by atoms with Crippen LogP contribution in [0.25, 0.3) is 155 Å². The fourth-order valence-corrected chi connectivity index (χ4v) is 11.7. The monoisotopic (exact) mass is 971 g/mol. The summed E-state index contributed by atoms with van der Waals surface area (Å²) in [6.45, 7) is 0. The Hall–Kier alpha value is -10.4. The van der Waals surface area contributed by atoms with E-state index in [1.807, 2.05) is 48.5 Å². The van der Waals surface area contributed by atoms with E-state index in [-0.39, 0.29) is 0 Å². The molecule has 0 saturated carbocycles. The van der Waals surface area contributed by atoms with Crippen molar-refractivity contribution in [1.82, 2.24) is 24.1 Å². The van der Waals surface area contributed by atoms with Gasteiger partial charge in [-0.3, -0.25) is 0 Å². The number of benzene rings is 11. The molecule has 0 fully saturated rings. The summed E-state index contributed by atoms with van der Waals surface area (Å²) in [5.74, 6) is 1.59. The van der Waals surface area contributed by atoms with Gasteiger partial charge in [0.15, 0.2) is 17.5 Å². The van der Waals surface area contributed by atoms with Crippen LogP contribution in [-0.4, -0.2) is 24.1 Å². The lowest BCUT2D eigenvalue weighted by molar-refractivity contribution is 0.668. The molecule has 5 heterocycles. The number of nitrogens with zero attached hydrogens (tertiary/aromatic N) is 5. The van der Waals surface area contributed by atoms with Crippen LogP contribution in [0.5, 0.6) is 0 Å². The maximum Gasteiger partial charge on any atom is 0.164 e. The van der Waals surface area contributed by atoms with Gasteiger partial charge in [-0.05, 0) is 96.1 Å². The predicted molar refractivity (Wildman–Crippen MR) is 310 cm³/mol. The van der Waals surface area contributed by atoms with E-state index in [2.05, 4.69) is 209 Å². The lowest BCUT2D eigenvalue weighted by atomic mass is 9.92. The third-order valence-corrected chi connectivity index (χ3v) is 15.2. The second-order valence-electron chi connectivity index (χ2n) is 19.5. The van der Waals surface area contributed by atoms with Gasteiger partial charge in [0.1, 0.15) is 22.3 Å². The van der Waals surface area contributed by atoms with Gasteiger partial charge in [-0.25, -0.2) is 15.0 Å². The van der Waals surface area contributed by atoms with Gasteiger partial charge < -0.3 is 18.0 Å². The zero-order valence-electron chi connectivity index (χ0n) is 40.7. The highest BCUT2D eigenvalue weighted by atomic mass is 16.3. The van der Waals surface area contributed by atoms with Gasteiger partial charge in [0.2, 0.25) is 0 Å². The Morgan fingerprint density at radius 3 is 1.18 bits per heavy atom. The van der Waals surface area contributed by atoms with E-state index in [9.17, 15) is 0 Å². The molecule has 7 nitrogen and oxygen atoms in total. The summed E-state index contributed by atoms with van der Waals surface area (Å²) in [7, 11) is 0. The quantitative estimate of drug-likeness (QED) is 0.159. The second kappa shape index (κ2) is 16.6. The highest BCUT2D eigenvalue weighted by Gasteiger charge is 2.25. The lowest BCUT2D eigenvalue weighted by Gasteiger charge is -2.21. The maximum atomic E-state index is 6.44. The van der Waals surface area contributed by atoms with Crippen molar-refractivity contribution in [3.05, 3.63) is 249 Å². The average molecular weight is 972 g/mol. The summed E-state index contributed by atoms with van der Waals surface area (Å²) >= 11 is 0. The molecule has 0 spiro atoms. The Morgan fingerprint density at radius 2 is 0.658 bits per heavy atom. The smallest absolute Gasteiger partial charge is 0.164 e. The zero-order chi connectivity index (χ0) is 49.8. The van der Waals surface area contributed by atoms with Crippen LogP contribution in [-0.2, 0) is 0 Å². The molecule has 0 saturated heterocycles. The van der Waals surface area contributed by atoms with E-state index in [0.717, 1.165) is 116 Å². The minimum atomic E-state index is 0.527. The van der Waals surface area contributed by atoms with Crippen molar-refractivity contribution < 1.29 is 8.83 Å². The molecule has 0 bridgehead atoms. The van der Waals surface area contributed by atoms with Crippen LogP contribution in [0.3, 0.4) is 0 Å². The third-order valence-electron chi connectivity index (χ3n) is 15.2. The van der Waals surface area contributed by atoms with Gasteiger partial charge in [-0.2, -0.15) is 0 Å². The molecule has 0 aliphatic heterocycles. The van der Waals surface area contributed by atoms with Gasteiger partial charge in [0.05, 0.1) is 27.8 Å². The Morgan fingerprint density at radius 1 is 0.250 bits per heavy atom. The Kier molecular flexibility index (Phi) is 9.20. The zero-order valence-corrected chi connectivity index (χ0v) is 40.7. The molecule has 0 aliphatic rings. The molecule has 0 aliphatic carbocycles. The van der Waals surface area contributed by atoms with Crippen molar-refractivity contribution in [3.8, 4) is 67.8 Å². The minimum Gasteiger partial charge on any atom is -0.456 e. The average Bonchev–Trinajstić information content (AvgIpc) is 4.36. The number of furan rings is 2. The van der Waals surface area contributed by atoms with Gasteiger partial charge in [-0.15, -0.1) is 0 Å². The van der Waals surface area contributed by atoms with Crippen molar-refractivity contribution in [1.29, 1.82) is 0 Å². The number of aromatic nitrogens is 5. The minimum absolute atomic E-state index is 0.527. The van der Waals surface area contributed by atoms with Crippen molar-refractivity contribution >= 4 is 87.5 Å². The highest BCUT2D eigenvalue weighted by molar-refractivity contribution is 6.20. The van der Waals surface area contributed by atoms with Crippen molar-refractivity contribution in [3.63, 3.8) is 0 Å². The van der Waals surface area contributed by atoms with Gasteiger partial charge >= 0.3 is 0 Å². The molecule has 16 aromatic rings. The Labute approximate surface area is 434 Å². The first-order chi connectivity index (χ1) is 37.7. The largest absolute Gasteiger partial charge is 0.456 e. The van der Waals surface area contributed by atoms with Crippen molar-refractivity contribution in [2.24, 2.45) is 0 Å². The van der Waals surface area contributed by atoms with Crippen molar-refractivity contribution in [2.75, 3.05) is 0 Å². The molecule has 7 heteroatoms. The molecule has 76 heavy (non-hydrogen) atoms. The SMILES string of the molecule is c1ccc(-c2cc(-c3nc(-c4ccc5c(c4)oc4ccccc45)nc(-c4ccc5c(c4)oc4ccccc45)n3)cc(-c3ccccc3)c2-n2c3ccccc3c3cc4c5ccccc5n(-c5ccccc5)c4cc32)cc1. The van der Waals surface area contributed by atoms with Crippen LogP contribution in [0, 0.1) is 0 Å². The fraction of sp³-hybridized carbons (Fsp3) is 0. The molecule has 354 valence electrons. The Bertz CT molecular complexity index is 4800. The van der Waals surface area contributed by atoms with E-state index in [4.69, 9.17) is 23.8 Å². The molecular weight excluding hydrogens is 931 g/mol. The van der Waals surface area contributed by atoms with Crippen LogP contribution < -0.4 is 0 Å². The van der Waals surface area contributed by atoms with Gasteiger partial charge in [0.25, 0.3) is 0 Å². The summed E-state index contributed by atoms with van der Waals surface area (Å²) in [5, 5.41) is 8.96. The first-order valence-corrected chi connectivity index (χ1v) is 25.6. The molecule has 0 atom stereocenters. The first-order valence-electron chi connectivity index (χ1n) is 25.6. The number of fused-ring (bicyclic) bond motifs is 12. The number of para-hydroxylation sites is 5. The second-order valence-corrected chi connectivity index (χ2v) is 19.5. The Balaban J connectivity index is 0.990. The standard InChI is InChI=1S/C69H41N5O2/c1-4-18-42(19-5-1)54-36-46(69-71-67(44-32-34-52-50-26-12-16-30-62(50)75-64(52)38-44)70-68(72-69)45-33-35-53-51-27-13-17-31-63(51)76-65(53)39-45)37-55(43-20-6-2-7-21-43)66(54)74-59-29-15-11-25-49(59)57-40-56-48-24-10-14-28-58(48)73(60(56)41-61(57)74)47-22-8-3-9-23-47/h1-41H. The summed E-state index contributed by atoms with van der Waals surface area (Å²) in [6, 6.07) is 87.7. The number of rotatable bonds is 7. The predicted octanol–water partition coefficient (Wildman–Crippen LogP) is 18.2. The van der Waals surface area contributed by atoms with Gasteiger partial charge in [0, 0.05) is 76.6 Å². The normalized spacial score (nSPS) is 11.9. The highest BCUT2D eigenvalue weighted by Crippen LogP contribution is 2.46. The van der Waals surface area contributed by atoms with E-state index in [0.29, 0.717) is 17.5 Å². The molecule has 16 rings (SSSR count). The maximum absolute atomic E-state index is 6.44. The molecule has 0 amide bonds. The molecule has 0 N–H and O–H groups in total. The molecule has 0 unspecified atom stereocenters. The topological polar surface area (TPSA) is 74.8 Å². The molecule has 5 aromatic heterocycles. The van der Waals surface area contributed by atoms with Crippen LogP contribution in [0.4, 0.5) is 0 Å². The van der Waals surface area contributed by atoms with E-state index < -0.39 is 0 Å². The van der Waals surface area contributed by atoms with Crippen molar-refractivity contribution in [2.45, 2.75) is 0 Å². The van der Waals surface area contributed by atoms with Crippen LogP contribution in [0.1, 0.15) is 0 Å². The number of hydrogen-bond acceptors (Lipinski definition) is 5. The molecule has 0 radical (unpaired) electrons. The summed E-state index contributed by atoms with van der Waals surface area (Å²) in [5.41, 5.74) is 16.5. The first kappa shape index (κ1) is 42.2. The lowest BCUT2D eigenvalue weighted by Crippen LogP contribution is -2.04. The summed E-state index contributed by atoms with van der Waals surface area (Å²) in [6.07, 6.45) is 0. The van der Waals surface area contributed by atoms with Crippen LogP contribution in [0.2, 0.25) is 0 Å².